The van der Waals surface area contributed by atoms with Crippen molar-refractivity contribution in [3.05, 3.63) is 73.2 Å². The van der Waals surface area contributed by atoms with Gasteiger partial charge in [0.1, 0.15) is 12.4 Å². The molecule has 0 saturated carbocycles. The van der Waals surface area contributed by atoms with Crippen LogP contribution in [0.15, 0.2) is 73.2 Å². The van der Waals surface area contributed by atoms with Crippen molar-refractivity contribution in [2.75, 3.05) is 6.54 Å². The van der Waals surface area contributed by atoms with Crippen LogP contribution in [0.4, 0.5) is 0 Å². The Morgan fingerprint density at radius 2 is 1.85 bits per heavy atom. The first-order valence-corrected chi connectivity index (χ1v) is 9.05. The number of para-hydroxylation sites is 1. The summed E-state index contributed by atoms with van der Waals surface area (Å²) in [5, 5.41) is 8.53. The van der Waals surface area contributed by atoms with Crippen molar-refractivity contribution in [2.24, 2.45) is 0 Å². The normalized spacial score (nSPS) is 11.0. The van der Waals surface area contributed by atoms with E-state index < -0.39 is 0 Å². The number of hydrogen-bond acceptors (Lipinski definition) is 3. The van der Waals surface area contributed by atoms with Crippen LogP contribution < -0.4 is 5.32 Å². The smallest absolute Gasteiger partial charge is 0.239 e. The quantitative estimate of drug-likeness (QED) is 0.516. The van der Waals surface area contributed by atoms with Crippen LogP contribution in [0.5, 0.6) is 0 Å². The summed E-state index contributed by atoms with van der Waals surface area (Å²) in [6, 6.07) is 18.0. The zero-order valence-corrected chi connectivity index (χ0v) is 15.0. The molecule has 6 heteroatoms. The molecule has 0 aliphatic rings. The molecule has 0 aliphatic carbocycles. The Bertz CT molecular complexity index is 1030. The first-order valence-electron chi connectivity index (χ1n) is 9.05. The van der Waals surface area contributed by atoms with E-state index in [2.05, 4.69) is 27.5 Å². The van der Waals surface area contributed by atoms with Gasteiger partial charge in [0.15, 0.2) is 0 Å². The molecule has 0 saturated heterocycles. The number of hydrogen-bond donors (Lipinski definition) is 1. The molecule has 0 unspecified atom stereocenters. The molecule has 1 amide bonds. The van der Waals surface area contributed by atoms with Crippen molar-refractivity contribution in [3.8, 4) is 11.4 Å². The molecule has 0 atom stereocenters. The SMILES string of the molecule is O=C(Cn1ccnc1-c1ccccc1)NCCCn1ncc2ccccc21. The van der Waals surface area contributed by atoms with Crippen molar-refractivity contribution in [1.29, 1.82) is 0 Å². The largest absolute Gasteiger partial charge is 0.354 e. The van der Waals surface area contributed by atoms with E-state index in [0.29, 0.717) is 6.54 Å². The lowest BCUT2D eigenvalue weighted by Gasteiger charge is -2.09. The van der Waals surface area contributed by atoms with Crippen molar-refractivity contribution >= 4 is 16.8 Å². The summed E-state index contributed by atoms with van der Waals surface area (Å²) < 4.78 is 3.84. The summed E-state index contributed by atoms with van der Waals surface area (Å²) in [5.41, 5.74) is 2.12. The van der Waals surface area contributed by atoms with Gasteiger partial charge in [0.25, 0.3) is 0 Å². The number of carbonyl (C=O) groups is 1. The standard InChI is InChI=1S/C21H21N5O/c27-20(16-25-14-12-23-21(25)17-7-2-1-3-8-17)22-11-6-13-26-19-10-5-4-9-18(19)15-24-26/h1-5,7-10,12,14-15H,6,11,13,16H2,(H,22,27). The molecule has 0 aliphatic heterocycles. The van der Waals surface area contributed by atoms with Crippen LogP contribution in [-0.2, 0) is 17.9 Å². The Morgan fingerprint density at radius 3 is 2.74 bits per heavy atom. The summed E-state index contributed by atoms with van der Waals surface area (Å²) >= 11 is 0. The number of benzene rings is 2. The molecule has 4 aromatic rings. The van der Waals surface area contributed by atoms with Gasteiger partial charge in [-0.15, -0.1) is 0 Å². The van der Waals surface area contributed by atoms with Gasteiger partial charge in [-0.3, -0.25) is 9.48 Å². The van der Waals surface area contributed by atoms with Gasteiger partial charge >= 0.3 is 0 Å². The lowest BCUT2D eigenvalue weighted by molar-refractivity contribution is -0.121. The zero-order chi connectivity index (χ0) is 18.5. The summed E-state index contributed by atoms with van der Waals surface area (Å²) in [6.07, 6.45) is 6.25. The van der Waals surface area contributed by atoms with Crippen LogP contribution in [-0.4, -0.2) is 31.8 Å². The third-order valence-corrected chi connectivity index (χ3v) is 4.48. The van der Waals surface area contributed by atoms with E-state index in [0.717, 1.165) is 35.3 Å². The van der Waals surface area contributed by atoms with Crippen molar-refractivity contribution in [3.63, 3.8) is 0 Å². The van der Waals surface area contributed by atoms with Crippen molar-refractivity contribution < 1.29 is 4.79 Å². The van der Waals surface area contributed by atoms with E-state index >= 15 is 0 Å². The van der Waals surface area contributed by atoms with Gasteiger partial charge in [0.05, 0.1) is 11.7 Å². The lowest BCUT2D eigenvalue weighted by atomic mass is 10.2. The molecule has 2 aromatic carbocycles. The molecular weight excluding hydrogens is 338 g/mol. The molecule has 1 N–H and O–H groups in total. The predicted molar refractivity (Wildman–Crippen MR) is 105 cm³/mol. The first-order chi connectivity index (χ1) is 13.3. The number of nitrogens with one attached hydrogen (secondary N) is 1. The number of imidazole rings is 1. The maximum atomic E-state index is 12.3. The minimum atomic E-state index is -0.0181. The molecule has 136 valence electrons. The Hall–Kier alpha value is -3.41. The summed E-state index contributed by atoms with van der Waals surface area (Å²) in [5.74, 6) is 0.782. The van der Waals surface area contributed by atoms with Crippen LogP contribution in [0, 0.1) is 0 Å². The Kier molecular flexibility index (Phi) is 4.96. The van der Waals surface area contributed by atoms with Gasteiger partial charge in [-0.25, -0.2) is 4.98 Å². The molecule has 2 heterocycles. The van der Waals surface area contributed by atoms with E-state index in [1.807, 2.05) is 64.1 Å². The third kappa shape index (κ3) is 3.89. The topological polar surface area (TPSA) is 64.7 Å². The number of aryl methyl sites for hydroxylation is 1. The molecule has 4 rings (SSSR count). The van der Waals surface area contributed by atoms with Gasteiger partial charge < -0.3 is 9.88 Å². The monoisotopic (exact) mass is 359 g/mol. The number of aromatic nitrogens is 4. The second kappa shape index (κ2) is 7.86. The van der Waals surface area contributed by atoms with Crippen LogP contribution >= 0.6 is 0 Å². The molecule has 27 heavy (non-hydrogen) atoms. The Labute approximate surface area is 157 Å². The van der Waals surface area contributed by atoms with Gasteiger partial charge in [-0.2, -0.15) is 5.10 Å². The number of rotatable bonds is 7. The number of nitrogens with zero attached hydrogens (tertiary/aromatic N) is 4. The second-order valence-electron chi connectivity index (χ2n) is 6.37. The highest BCUT2D eigenvalue weighted by Gasteiger charge is 2.09. The third-order valence-electron chi connectivity index (χ3n) is 4.48. The van der Waals surface area contributed by atoms with Crippen LogP contribution in [0.25, 0.3) is 22.3 Å². The second-order valence-corrected chi connectivity index (χ2v) is 6.37. The highest BCUT2D eigenvalue weighted by molar-refractivity contribution is 5.78. The maximum absolute atomic E-state index is 12.3. The molecule has 0 spiro atoms. The van der Waals surface area contributed by atoms with Crippen molar-refractivity contribution in [2.45, 2.75) is 19.5 Å². The Morgan fingerprint density at radius 1 is 1.04 bits per heavy atom. The molecule has 2 aromatic heterocycles. The van der Waals surface area contributed by atoms with Crippen LogP contribution in [0.2, 0.25) is 0 Å². The fourth-order valence-electron chi connectivity index (χ4n) is 3.16. The highest BCUT2D eigenvalue weighted by Crippen LogP contribution is 2.16. The highest BCUT2D eigenvalue weighted by atomic mass is 16.1. The summed E-state index contributed by atoms with van der Waals surface area (Å²) in [7, 11) is 0. The maximum Gasteiger partial charge on any atom is 0.239 e. The fraction of sp³-hybridized carbons (Fsp3) is 0.190. The summed E-state index contributed by atoms with van der Waals surface area (Å²) in [6.45, 7) is 1.64. The van der Waals surface area contributed by atoms with E-state index in [1.165, 1.54) is 0 Å². The van der Waals surface area contributed by atoms with E-state index in [9.17, 15) is 4.79 Å². The minimum absolute atomic E-state index is 0.0181. The van der Waals surface area contributed by atoms with Gasteiger partial charge in [-0.05, 0) is 12.5 Å². The zero-order valence-electron chi connectivity index (χ0n) is 15.0. The molecule has 0 bridgehead atoms. The van der Waals surface area contributed by atoms with Crippen molar-refractivity contribution in [1.82, 2.24) is 24.6 Å². The van der Waals surface area contributed by atoms with E-state index in [4.69, 9.17) is 0 Å². The average Bonchev–Trinajstić information content (AvgIpc) is 3.33. The predicted octanol–water partition coefficient (Wildman–Crippen LogP) is 3.11. The van der Waals surface area contributed by atoms with Crippen LogP contribution in [0.3, 0.4) is 0 Å². The van der Waals surface area contributed by atoms with Crippen LogP contribution in [0.1, 0.15) is 6.42 Å². The molecule has 0 radical (unpaired) electrons. The molecular formula is C21H21N5O. The van der Waals surface area contributed by atoms with E-state index in [-0.39, 0.29) is 12.5 Å². The number of amides is 1. The van der Waals surface area contributed by atoms with Gasteiger partial charge in [0.2, 0.25) is 5.91 Å². The van der Waals surface area contributed by atoms with E-state index in [1.54, 1.807) is 6.20 Å². The average molecular weight is 359 g/mol. The molecule has 0 fully saturated rings. The fourth-order valence-corrected chi connectivity index (χ4v) is 3.16. The lowest BCUT2D eigenvalue weighted by Crippen LogP contribution is -2.29. The Balaban J connectivity index is 1.29. The number of carbonyl (C=O) groups excluding carboxylic acids is 1. The van der Waals surface area contributed by atoms with Gasteiger partial charge in [0, 0.05) is 36.4 Å². The molecule has 6 nitrogen and oxygen atoms in total. The minimum Gasteiger partial charge on any atom is -0.354 e. The summed E-state index contributed by atoms with van der Waals surface area (Å²) in [4.78, 5) is 16.7. The number of fused-ring (bicyclic) bond motifs is 1. The first kappa shape index (κ1) is 17.0. The van der Waals surface area contributed by atoms with Gasteiger partial charge in [-0.1, -0.05) is 48.5 Å².